The number of aryl methyl sites for hydroxylation is 1. The molecule has 0 saturated carbocycles. The third kappa shape index (κ3) is 3.87. The molecule has 7 nitrogen and oxygen atoms in total. The van der Waals surface area contributed by atoms with Crippen LogP contribution in [-0.2, 0) is 11.3 Å². The maximum Gasteiger partial charge on any atom is 0.348 e. The number of likely N-dealkylation sites (N-methyl/N-ethyl adjacent to an activating group) is 1. The van der Waals surface area contributed by atoms with Crippen LogP contribution in [0.15, 0.2) is 17.4 Å². The van der Waals surface area contributed by atoms with E-state index in [4.69, 9.17) is 4.74 Å². The number of thiophene rings is 1. The minimum atomic E-state index is -0.443. The van der Waals surface area contributed by atoms with E-state index in [0.29, 0.717) is 33.0 Å². The lowest BCUT2D eigenvalue weighted by Gasteiger charge is -2.33. The number of H-pyrrole nitrogens is 1. The summed E-state index contributed by atoms with van der Waals surface area (Å²) in [4.78, 5) is 37.8. The number of hydrogen-bond acceptors (Lipinski definition) is 7. The maximum absolute atomic E-state index is 12.5. The van der Waals surface area contributed by atoms with E-state index in [1.54, 1.807) is 6.92 Å². The Labute approximate surface area is 156 Å². The van der Waals surface area contributed by atoms with Gasteiger partial charge in [0, 0.05) is 26.2 Å². The molecule has 1 N–H and O–H groups in total. The number of nitrogens with one attached hydrogen (secondary N) is 1. The summed E-state index contributed by atoms with van der Waals surface area (Å²) in [6.07, 6.45) is 1.52. The summed E-state index contributed by atoms with van der Waals surface area (Å²) in [6, 6.07) is 0. The summed E-state index contributed by atoms with van der Waals surface area (Å²) >= 11 is 1.21. The average molecular weight is 376 g/mol. The van der Waals surface area contributed by atoms with Gasteiger partial charge in [-0.1, -0.05) is 19.6 Å². The molecule has 0 amide bonds. The van der Waals surface area contributed by atoms with Crippen LogP contribution in [0.1, 0.15) is 28.0 Å². The summed E-state index contributed by atoms with van der Waals surface area (Å²) < 4.78 is 5.10. The van der Waals surface area contributed by atoms with Crippen molar-refractivity contribution in [1.29, 1.82) is 0 Å². The summed E-state index contributed by atoms with van der Waals surface area (Å²) in [7, 11) is 0. The van der Waals surface area contributed by atoms with Crippen LogP contribution in [0, 0.1) is 6.92 Å². The van der Waals surface area contributed by atoms with Crippen molar-refractivity contribution in [3.8, 4) is 0 Å². The van der Waals surface area contributed by atoms with Crippen molar-refractivity contribution in [2.45, 2.75) is 20.4 Å². The molecule has 0 aliphatic carbocycles. The Morgan fingerprint density at radius 2 is 2.04 bits per heavy atom. The van der Waals surface area contributed by atoms with Gasteiger partial charge < -0.3 is 14.6 Å². The standard InChI is InChI=1S/C18H24N4O3S/c1-4-10-25-18(24)15-12(3)14-16(23)19-13(20-17(14)26-15)11-22-8-6-21(5-2)7-9-22/h4H,1,5-11H2,2-3H3,(H,19,20,23). The van der Waals surface area contributed by atoms with Crippen molar-refractivity contribution in [1.82, 2.24) is 19.8 Å². The highest BCUT2D eigenvalue weighted by molar-refractivity contribution is 7.20. The normalized spacial score (nSPS) is 16.1. The highest BCUT2D eigenvalue weighted by atomic mass is 32.1. The van der Waals surface area contributed by atoms with E-state index in [2.05, 4.69) is 33.3 Å². The monoisotopic (exact) mass is 376 g/mol. The molecule has 3 rings (SSSR count). The molecule has 1 aliphatic rings. The third-order valence-corrected chi connectivity index (χ3v) is 5.82. The van der Waals surface area contributed by atoms with Gasteiger partial charge in [0.1, 0.15) is 22.1 Å². The average Bonchev–Trinajstić information content (AvgIpc) is 2.97. The fourth-order valence-electron chi connectivity index (χ4n) is 3.13. The molecule has 0 bridgehead atoms. The Kier molecular flexibility index (Phi) is 5.85. The number of nitrogens with zero attached hydrogens (tertiary/aromatic N) is 3. The van der Waals surface area contributed by atoms with Gasteiger partial charge in [0.2, 0.25) is 0 Å². The first-order valence-corrected chi connectivity index (χ1v) is 9.60. The zero-order valence-electron chi connectivity index (χ0n) is 15.2. The van der Waals surface area contributed by atoms with Gasteiger partial charge in [0.15, 0.2) is 0 Å². The summed E-state index contributed by atoms with van der Waals surface area (Å²) in [5.41, 5.74) is 0.421. The largest absolute Gasteiger partial charge is 0.457 e. The van der Waals surface area contributed by atoms with Gasteiger partial charge in [0.05, 0.1) is 11.9 Å². The third-order valence-electron chi connectivity index (χ3n) is 4.65. The minimum Gasteiger partial charge on any atom is -0.457 e. The molecule has 26 heavy (non-hydrogen) atoms. The zero-order chi connectivity index (χ0) is 18.7. The lowest BCUT2D eigenvalue weighted by atomic mass is 10.2. The van der Waals surface area contributed by atoms with Crippen LogP contribution < -0.4 is 5.56 Å². The first-order valence-electron chi connectivity index (χ1n) is 8.78. The van der Waals surface area contributed by atoms with E-state index >= 15 is 0 Å². The molecule has 2 aromatic heterocycles. The lowest BCUT2D eigenvalue weighted by Crippen LogP contribution is -2.45. The number of fused-ring (bicyclic) bond motifs is 1. The Morgan fingerprint density at radius 1 is 1.35 bits per heavy atom. The van der Waals surface area contributed by atoms with Crippen LogP contribution in [0.25, 0.3) is 10.2 Å². The number of rotatable bonds is 6. The van der Waals surface area contributed by atoms with Gasteiger partial charge in [-0.25, -0.2) is 9.78 Å². The van der Waals surface area contributed by atoms with Crippen LogP contribution in [0.2, 0.25) is 0 Å². The van der Waals surface area contributed by atoms with E-state index in [9.17, 15) is 9.59 Å². The summed E-state index contributed by atoms with van der Waals surface area (Å²) in [6.45, 7) is 13.2. The van der Waals surface area contributed by atoms with E-state index in [0.717, 1.165) is 32.7 Å². The fraction of sp³-hybridized carbons (Fsp3) is 0.500. The van der Waals surface area contributed by atoms with Crippen LogP contribution in [0.5, 0.6) is 0 Å². The molecule has 2 aromatic rings. The van der Waals surface area contributed by atoms with Crippen LogP contribution in [0.3, 0.4) is 0 Å². The van der Waals surface area contributed by atoms with Crippen molar-refractivity contribution in [3.63, 3.8) is 0 Å². The van der Waals surface area contributed by atoms with Gasteiger partial charge in [-0.3, -0.25) is 9.69 Å². The zero-order valence-corrected chi connectivity index (χ0v) is 16.0. The van der Waals surface area contributed by atoms with Crippen molar-refractivity contribution >= 4 is 27.5 Å². The van der Waals surface area contributed by atoms with Crippen molar-refractivity contribution in [2.75, 3.05) is 39.3 Å². The van der Waals surface area contributed by atoms with Gasteiger partial charge >= 0.3 is 5.97 Å². The first-order chi connectivity index (χ1) is 12.5. The Bertz CT molecular complexity index is 865. The van der Waals surface area contributed by atoms with Gasteiger partial charge in [-0.15, -0.1) is 11.3 Å². The van der Waals surface area contributed by atoms with Crippen molar-refractivity contribution < 1.29 is 9.53 Å². The predicted octanol–water partition coefficient (Wildman–Crippen LogP) is 1.77. The van der Waals surface area contributed by atoms with Gasteiger partial charge in [-0.2, -0.15) is 0 Å². The molecule has 0 aromatic carbocycles. The first kappa shape index (κ1) is 18.8. The number of ether oxygens (including phenoxy) is 1. The molecule has 1 saturated heterocycles. The second-order valence-corrected chi connectivity index (χ2v) is 7.35. The molecule has 140 valence electrons. The van der Waals surface area contributed by atoms with E-state index in [1.807, 2.05) is 0 Å². The van der Waals surface area contributed by atoms with E-state index in [1.165, 1.54) is 17.4 Å². The number of hydrogen-bond donors (Lipinski definition) is 1. The molecule has 0 unspecified atom stereocenters. The SMILES string of the molecule is C=CCOC(=O)c1sc2nc(CN3CCN(CC)CC3)[nH]c(=O)c2c1C. The number of carbonyl (C=O) groups is 1. The summed E-state index contributed by atoms with van der Waals surface area (Å²) in [5, 5.41) is 0.472. The van der Waals surface area contributed by atoms with E-state index in [-0.39, 0.29) is 12.2 Å². The Morgan fingerprint density at radius 3 is 2.69 bits per heavy atom. The highest BCUT2D eigenvalue weighted by Gasteiger charge is 2.21. The van der Waals surface area contributed by atoms with E-state index < -0.39 is 5.97 Å². The fourth-order valence-corrected chi connectivity index (χ4v) is 4.23. The number of aromatic amines is 1. The topological polar surface area (TPSA) is 78.5 Å². The minimum absolute atomic E-state index is 0.144. The van der Waals surface area contributed by atoms with Crippen molar-refractivity contribution in [2.24, 2.45) is 0 Å². The molecule has 1 fully saturated rings. The number of piperazine rings is 1. The molecule has 0 spiro atoms. The Hall–Kier alpha value is -2.03. The second-order valence-electron chi connectivity index (χ2n) is 6.35. The molecule has 0 atom stereocenters. The second kappa shape index (κ2) is 8.11. The van der Waals surface area contributed by atoms with Crippen LogP contribution in [0.4, 0.5) is 0 Å². The number of aromatic nitrogens is 2. The van der Waals surface area contributed by atoms with Crippen LogP contribution >= 0.6 is 11.3 Å². The lowest BCUT2D eigenvalue weighted by molar-refractivity contribution is 0.0555. The molecular weight excluding hydrogens is 352 g/mol. The smallest absolute Gasteiger partial charge is 0.348 e. The summed E-state index contributed by atoms with van der Waals surface area (Å²) in [5.74, 6) is 0.196. The quantitative estimate of drug-likeness (QED) is 0.612. The van der Waals surface area contributed by atoms with Gasteiger partial charge in [0.25, 0.3) is 5.56 Å². The van der Waals surface area contributed by atoms with Gasteiger partial charge in [-0.05, 0) is 19.0 Å². The number of esters is 1. The molecule has 0 radical (unpaired) electrons. The maximum atomic E-state index is 12.5. The molecule has 1 aliphatic heterocycles. The molecular formula is C18H24N4O3S. The van der Waals surface area contributed by atoms with Crippen molar-refractivity contribution in [3.05, 3.63) is 39.3 Å². The van der Waals surface area contributed by atoms with Crippen LogP contribution in [-0.4, -0.2) is 65.1 Å². The highest BCUT2D eigenvalue weighted by Crippen LogP contribution is 2.27. The Balaban J connectivity index is 1.82. The number of carbonyl (C=O) groups excluding carboxylic acids is 1. The molecule has 8 heteroatoms. The molecule has 3 heterocycles. The predicted molar refractivity (Wildman–Crippen MR) is 103 cm³/mol.